The summed E-state index contributed by atoms with van der Waals surface area (Å²) in [5, 5.41) is 3.67. The second-order valence-electron chi connectivity index (χ2n) is 9.04. The van der Waals surface area contributed by atoms with Gasteiger partial charge in [0.25, 0.3) is 0 Å². The van der Waals surface area contributed by atoms with Crippen molar-refractivity contribution in [2.24, 2.45) is 0 Å². The summed E-state index contributed by atoms with van der Waals surface area (Å²) in [6, 6.07) is 8.78. The maximum absolute atomic E-state index is 5.49. The van der Waals surface area contributed by atoms with Gasteiger partial charge in [0.05, 0.1) is 18.9 Å². The second kappa shape index (κ2) is 11.0. The first kappa shape index (κ1) is 22.1. The minimum absolute atomic E-state index is 0.832. The van der Waals surface area contributed by atoms with Gasteiger partial charge in [-0.3, -0.25) is 4.90 Å². The summed E-state index contributed by atoms with van der Waals surface area (Å²) in [6.07, 6.45) is 4.91. The number of nitrogens with one attached hydrogen (secondary N) is 1. The van der Waals surface area contributed by atoms with Crippen molar-refractivity contribution in [1.82, 2.24) is 19.8 Å². The normalized spacial score (nSPS) is 19.8. The number of benzene rings is 1. The molecular formula is C25H35N5OS. The number of hydrogen-bond donors (Lipinski definition) is 1. The van der Waals surface area contributed by atoms with E-state index in [1.807, 2.05) is 11.8 Å². The standard InChI is InChI=1S/C25H35N5OS/c1-2-10-29(9-1)11-4-8-26-25-22-19-32-16-7-23(22)27-24(28-25)21-6-3-5-20(17-21)18-30-12-14-31-15-13-30/h3,5-6,17H,1-2,4,7-16,18-19H2,(H,26,27,28). The molecule has 6 nitrogen and oxygen atoms in total. The Morgan fingerprint density at radius 3 is 2.78 bits per heavy atom. The van der Waals surface area contributed by atoms with Crippen LogP contribution in [0.3, 0.4) is 0 Å². The lowest BCUT2D eigenvalue weighted by Gasteiger charge is -2.26. The number of rotatable bonds is 8. The molecule has 32 heavy (non-hydrogen) atoms. The predicted octanol–water partition coefficient (Wildman–Crippen LogP) is 3.66. The number of thioether (sulfide) groups is 1. The van der Waals surface area contributed by atoms with Crippen LogP contribution >= 0.6 is 11.8 Å². The van der Waals surface area contributed by atoms with Gasteiger partial charge in [-0.25, -0.2) is 9.97 Å². The van der Waals surface area contributed by atoms with E-state index < -0.39 is 0 Å². The molecule has 0 bridgehead atoms. The van der Waals surface area contributed by atoms with Gasteiger partial charge in [0.1, 0.15) is 5.82 Å². The third-order valence-corrected chi connectivity index (χ3v) is 7.65. The Balaban J connectivity index is 1.31. The number of aromatic nitrogens is 2. The number of aryl methyl sites for hydroxylation is 1. The number of likely N-dealkylation sites (tertiary alicyclic amines) is 1. The third-order valence-electron chi connectivity index (χ3n) is 6.66. The fourth-order valence-corrected chi connectivity index (χ4v) is 5.84. The van der Waals surface area contributed by atoms with Gasteiger partial charge in [-0.05, 0) is 62.7 Å². The molecule has 0 atom stereocenters. The van der Waals surface area contributed by atoms with Crippen LogP contribution in [0.4, 0.5) is 5.82 Å². The molecule has 0 aliphatic carbocycles. The molecule has 0 radical (unpaired) electrons. The van der Waals surface area contributed by atoms with Crippen molar-refractivity contribution in [1.29, 1.82) is 0 Å². The van der Waals surface area contributed by atoms with Crippen molar-refractivity contribution in [2.75, 3.05) is 63.6 Å². The van der Waals surface area contributed by atoms with Crippen LogP contribution in [0.1, 0.15) is 36.1 Å². The van der Waals surface area contributed by atoms with E-state index in [1.54, 1.807) is 0 Å². The van der Waals surface area contributed by atoms with Gasteiger partial charge in [0.2, 0.25) is 0 Å². The fourth-order valence-electron chi connectivity index (χ4n) is 4.85. The first-order valence-electron chi connectivity index (χ1n) is 12.2. The zero-order valence-corrected chi connectivity index (χ0v) is 19.8. The van der Waals surface area contributed by atoms with E-state index >= 15 is 0 Å². The van der Waals surface area contributed by atoms with Crippen LogP contribution in [0.5, 0.6) is 0 Å². The van der Waals surface area contributed by atoms with Gasteiger partial charge in [0.15, 0.2) is 5.82 Å². The van der Waals surface area contributed by atoms with Crippen molar-refractivity contribution in [2.45, 2.75) is 38.0 Å². The summed E-state index contributed by atoms with van der Waals surface area (Å²) < 4.78 is 5.49. The highest BCUT2D eigenvalue weighted by atomic mass is 32.2. The van der Waals surface area contributed by atoms with E-state index in [0.717, 1.165) is 80.9 Å². The average molecular weight is 454 g/mol. The minimum atomic E-state index is 0.832. The van der Waals surface area contributed by atoms with E-state index in [0.29, 0.717) is 0 Å². The minimum Gasteiger partial charge on any atom is -0.379 e. The number of ether oxygens (including phenoxy) is 1. The molecular weight excluding hydrogens is 418 g/mol. The molecule has 2 fully saturated rings. The summed E-state index contributed by atoms with van der Waals surface area (Å²) in [4.78, 5) is 15.1. The van der Waals surface area contributed by atoms with Crippen molar-refractivity contribution in [3.05, 3.63) is 41.1 Å². The molecule has 0 unspecified atom stereocenters. The van der Waals surface area contributed by atoms with Crippen LogP contribution in [0.2, 0.25) is 0 Å². The van der Waals surface area contributed by atoms with Crippen molar-refractivity contribution >= 4 is 17.6 Å². The summed E-state index contributed by atoms with van der Waals surface area (Å²) in [5.41, 5.74) is 4.99. The fraction of sp³-hybridized carbons (Fsp3) is 0.600. The Morgan fingerprint density at radius 1 is 1.03 bits per heavy atom. The Hall–Kier alpha value is -1.67. The van der Waals surface area contributed by atoms with E-state index in [2.05, 4.69) is 39.4 Å². The van der Waals surface area contributed by atoms with Crippen molar-refractivity contribution < 1.29 is 4.74 Å². The molecule has 1 aromatic heterocycles. The molecule has 1 N–H and O–H groups in total. The van der Waals surface area contributed by atoms with Crippen LogP contribution < -0.4 is 5.32 Å². The molecule has 4 heterocycles. The molecule has 1 aromatic carbocycles. The van der Waals surface area contributed by atoms with Crippen LogP contribution in [-0.4, -0.2) is 78.0 Å². The molecule has 0 saturated carbocycles. The number of hydrogen-bond acceptors (Lipinski definition) is 7. The highest BCUT2D eigenvalue weighted by Gasteiger charge is 2.19. The van der Waals surface area contributed by atoms with Gasteiger partial charge >= 0.3 is 0 Å². The second-order valence-corrected chi connectivity index (χ2v) is 10.1. The summed E-state index contributed by atoms with van der Waals surface area (Å²) in [7, 11) is 0. The van der Waals surface area contributed by atoms with Gasteiger partial charge in [0, 0.05) is 43.1 Å². The summed E-state index contributed by atoms with van der Waals surface area (Å²) in [5.74, 6) is 4.08. The van der Waals surface area contributed by atoms with E-state index in [-0.39, 0.29) is 0 Å². The molecule has 3 aliphatic rings. The molecule has 0 amide bonds. The molecule has 7 heteroatoms. The Labute approximate surface area is 196 Å². The quantitative estimate of drug-likeness (QED) is 0.612. The zero-order valence-electron chi connectivity index (χ0n) is 19.0. The van der Waals surface area contributed by atoms with Gasteiger partial charge in [-0.2, -0.15) is 11.8 Å². The Morgan fingerprint density at radius 2 is 1.91 bits per heavy atom. The highest BCUT2D eigenvalue weighted by molar-refractivity contribution is 7.98. The Bertz CT molecular complexity index is 896. The monoisotopic (exact) mass is 453 g/mol. The topological polar surface area (TPSA) is 53.5 Å². The van der Waals surface area contributed by atoms with Gasteiger partial charge in [-0.15, -0.1) is 0 Å². The number of morpholine rings is 1. The van der Waals surface area contributed by atoms with Crippen LogP contribution in [0, 0.1) is 0 Å². The van der Waals surface area contributed by atoms with Crippen LogP contribution in [0.25, 0.3) is 11.4 Å². The summed E-state index contributed by atoms with van der Waals surface area (Å²) >= 11 is 1.99. The summed E-state index contributed by atoms with van der Waals surface area (Å²) in [6.45, 7) is 9.32. The first-order chi connectivity index (χ1) is 15.8. The molecule has 0 spiro atoms. The van der Waals surface area contributed by atoms with Crippen LogP contribution in [-0.2, 0) is 23.5 Å². The number of nitrogens with zero attached hydrogens (tertiary/aromatic N) is 4. The van der Waals surface area contributed by atoms with Gasteiger partial charge < -0.3 is 15.0 Å². The van der Waals surface area contributed by atoms with Crippen LogP contribution in [0.15, 0.2) is 24.3 Å². The zero-order chi connectivity index (χ0) is 21.6. The molecule has 3 aliphatic heterocycles. The lowest BCUT2D eigenvalue weighted by atomic mass is 10.1. The first-order valence-corrected chi connectivity index (χ1v) is 13.3. The lowest BCUT2D eigenvalue weighted by Crippen LogP contribution is -2.35. The highest BCUT2D eigenvalue weighted by Crippen LogP contribution is 2.31. The molecule has 5 rings (SSSR count). The van der Waals surface area contributed by atoms with E-state index in [1.165, 1.54) is 49.3 Å². The smallest absolute Gasteiger partial charge is 0.161 e. The SMILES string of the molecule is c1cc(CN2CCOCC2)cc(-c2nc3c(c(NCCCN4CCCC4)n2)CSCC3)c1. The van der Waals surface area contributed by atoms with E-state index in [9.17, 15) is 0 Å². The Kier molecular flexibility index (Phi) is 7.59. The molecule has 172 valence electrons. The maximum Gasteiger partial charge on any atom is 0.161 e. The third kappa shape index (κ3) is 5.63. The van der Waals surface area contributed by atoms with E-state index in [4.69, 9.17) is 14.7 Å². The van der Waals surface area contributed by atoms with Crippen molar-refractivity contribution in [3.8, 4) is 11.4 Å². The average Bonchev–Trinajstić information content (AvgIpc) is 3.36. The van der Waals surface area contributed by atoms with Crippen molar-refractivity contribution in [3.63, 3.8) is 0 Å². The molecule has 2 saturated heterocycles. The maximum atomic E-state index is 5.49. The number of anilines is 1. The molecule has 2 aromatic rings. The predicted molar refractivity (Wildman–Crippen MR) is 132 cm³/mol. The number of fused-ring (bicyclic) bond motifs is 1. The lowest BCUT2D eigenvalue weighted by molar-refractivity contribution is 0.0342. The van der Waals surface area contributed by atoms with Gasteiger partial charge in [-0.1, -0.05) is 18.2 Å². The largest absolute Gasteiger partial charge is 0.379 e.